The zero-order valence-electron chi connectivity index (χ0n) is 14.2. The molecule has 0 aliphatic carbocycles. The van der Waals surface area contributed by atoms with Gasteiger partial charge in [0.2, 0.25) is 0 Å². The van der Waals surface area contributed by atoms with Gasteiger partial charge in [0.1, 0.15) is 19.3 Å². The van der Waals surface area contributed by atoms with Crippen molar-refractivity contribution in [3.05, 3.63) is 69.7 Å². The van der Waals surface area contributed by atoms with E-state index in [9.17, 15) is 0 Å². The van der Waals surface area contributed by atoms with Crippen molar-refractivity contribution < 1.29 is 9.47 Å². The third-order valence-electron chi connectivity index (χ3n) is 3.58. The molecule has 0 aliphatic heterocycles. The summed E-state index contributed by atoms with van der Waals surface area (Å²) in [7, 11) is 0. The number of nitrogens with one attached hydrogen (secondary N) is 1. The quantitative estimate of drug-likeness (QED) is 0.565. The summed E-state index contributed by atoms with van der Waals surface area (Å²) in [6.07, 6.45) is 3.19. The SMILES string of the molecule is CCOc1cc(CNn2cnnc2)cc(Br)c1OCc1ccccc1Cl. The van der Waals surface area contributed by atoms with Crippen molar-refractivity contribution in [2.45, 2.75) is 20.1 Å². The molecule has 6 nitrogen and oxygen atoms in total. The Kier molecular flexibility index (Phi) is 6.35. The second-order valence-electron chi connectivity index (χ2n) is 5.42. The van der Waals surface area contributed by atoms with E-state index < -0.39 is 0 Å². The van der Waals surface area contributed by atoms with Gasteiger partial charge in [-0.25, -0.2) is 4.68 Å². The highest BCUT2D eigenvalue weighted by Crippen LogP contribution is 2.37. The Hall–Kier alpha value is -2.25. The van der Waals surface area contributed by atoms with E-state index in [0.717, 1.165) is 15.6 Å². The van der Waals surface area contributed by atoms with E-state index in [-0.39, 0.29) is 0 Å². The summed E-state index contributed by atoms with van der Waals surface area (Å²) in [4.78, 5) is 0. The molecule has 0 saturated carbocycles. The number of aromatic nitrogens is 3. The normalized spacial score (nSPS) is 10.6. The van der Waals surface area contributed by atoms with Crippen LogP contribution in [0.3, 0.4) is 0 Å². The van der Waals surface area contributed by atoms with Crippen molar-refractivity contribution in [2.24, 2.45) is 0 Å². The molecule has 0 unspecified atom stereocenters. The maximum Gasteiger partial charge on any atom is 0.175 e. The summed E-state index contributed by atoms with van der Waals surface area (Å²) in [6, 6.07) is 11.6. The summed E-state index contributed by atoms with van der Waals surface area (Å²) in [5.74, 6) is 1.33. The lowest BCUT2D eigenvalue weighted by Gasteiger charge is -2.16. The van der Waals surface area contributed by atoms with Crippen molar-refractivity contribution in [1.29, 1.82) is 0 Å². The Labute approximate surface area is 165 Å². The Morgan fingerprint density at radius 2 is 1.92 bits per heavy atom. The first kappa shape index (κ1) is 18.5. The van der Waals surface area contributed by atoms with Gasteiger partial charge < -0.3 is 14.9 Å². The molecule has 0 spiro atoms. The van der Waals surface area contributed by atoms with E-state index >= 15 is 0 Å². The lowest BCUT2D eigenvalue weighted by molar-refractivity contribution is 0.267. The Balaban J connectivity index is 1.76. The van der Waals surface area contributed by atoms with Crippen molar-refractivity contribution in [3.8, 4) is 11.5 Å². The molecule has 0 atom stereocenters. The number of nitrogens with zero attached hydrogens (tertiary/aromatic N) is 3. The van der Waals surface area contributed by atoms with E-state index in [0.29, 0.717) is 36.3 Å². The predicted molar refractivity (Wildman–Crippen MR) is 104 cm³/mol. The van der Waals surface area contributed by atoms with E-state index in [4.69, 9.17) is 21.1 Å². The lowest BCUT2D eigenvalue weighted by Crippen LogP contribution is -2.12. The minimum Gasteiger partial charge on any atom is -0.490 e. The molecule has 136 valence electrons. The summed E-state index contributed by atoms with van der Waals surface area (Å²) in [5, 5.41) is 8.20. The molecule has 3 aromatic rings. The van der Waals surface area contributed by atoms with Crippen LogP contribution in [0.1, 0.15) is 18.1 Å². The van der Waals surface area contributed by atoms with E-state index in [1.54, 1.807) is 17.3 Å². The molecule has 2 aromatic carbocycles. The van der Waals surface area contributed by atoms with E-state index in [1.165, 1.54) is 0 Å². The molecule has 0 radical (unpaired) electrons. The molecule has 26 heavy (non-hydrogen) atoms. The van der Waals surface area contributed by atoms with Crippen LogP contribution in [0.5, 0.6) is 11.5 Å². The van der Waals surface area contributed by atoms with Crippen molar-refractivity contribution >= 4 is 27.5 Å². The highest BCUT2D eigenvalue weighted by molar-refractivity contribution is 9.10. The van der Waals surface area contributed by atoms with Gasteiger partial charge in [0.25, 0.3) is 0 Å². The van der Waals surface area contributed by atoms with E-state index in [2.05, 4.69) is 31.6 Å². The molecule has 0 amide bonds. The topological polar surface area (TPSA) is 61.2 Å². The molecular formula is C18H18BrClN4O2. The molecule has 0 fully saturated rings. The van der Waals surface area contributed by atoms with Crippen molar-refractivity contribution in [3.63, 3.8) is 0 Å². The molecule has 1 aromatic heterocycles. The number of hydrogen-bond donors (Lipinski definition) is 1. The number of halogens is 2. The van der Waals surface area contributed by atoms with Crippen molar-refractivity contribution in [1.82, 2.24) is 14.9 Å². The smallest absolute Gasteiger partial charge is 0.175 e. The molecule has 1 N–H and O–H groups in total. The number of benzene rings is 2. The molecule has 0 aliphatic rings. The zero-order valence-corrected chi connectivity index (χ0v) is 16.5. The van der Waals surface area contributed by atoms with Gasteiger partial charge in [-0.1, -0.05) is 29.8 Å². The molecular weight excluding hydrogens is 420 g/mol. The summed E-state index contributed by atoms with van der Waals surface area (Å²) >= 11 is 9.78. The largest absolute Gasteiger partial charge is 0.490 e. The monoisotopic (exact) mass is 436 g/mol. The van der Waals surface area contributed by atoms with Crippen LogP contribution < -0.4 is 14.9 Å². The first-order chi connectivity index (χ1) is 12.7. The second-order valence-corrected chi connectivity index (χ2v) is 6.68. The van der Waals surface area contributed by atoms with Gasteiger partial charge in [-0.3, -0.25) is 0 Å². The fourth-order valence-corrected chi connectivity index (χ4v) is 3.15. The van der Waals surface area contributed by atoms with Crippen LogP contribution in [-0.2, 0) is 13.2 Å². The van der Waals surface area contributed by atoms with Gasteiger partial charge in [-0.2, -0.15) is 0 Å². The summed E-state index contributed by atoms with van der Waals surface area (Å²) in [6.45, 7) is 3.42. The van der Waals surface area contributed by atoms with Crippen LogP contribution in [0.15, 0.2) is 53.5 Å². The molecule has 0 saturated heterocycles. The summed E-state index contributed by atoms with van der Waals surface area (Å²) in [5.41, 5.74) is 5.12. The third kappa shape index (κ3) is 4.68. The average Bonchev–Trinajstić information content (AvgIpc) is 3.14. The van der Waals surface area contributed by atoms with Gasteiger partial charge in [0.05, 0.1) is 17.6 Å². The standard InChI is InChI=1S/C18H18BrClN4O2/c1-2-25-17-8-13(9-23-24-11-21-22-12-24)7-15(19)18(17)26-10-14-5-3-4-6-16(14)20/h3-8,11-12,23H,2,9-10H2,1H3. The maximum atomic E-state index is 6.20. The first-order valence-corrected chi connectivity index (χ1v) is 9.24. The fraction of sp³-hybridized carbons (Fsp3) is 0.222. The average molecular weight is 438 g/mol. The Bertz CT molecular complexity index is 858. The minimum absolute atomic E-state index is 0.358. The maximum absolute atomic E-state index is 6.20. The minimum atomic E-state index is 0.358. The molecule has 0 bridgehead atoms. The Morgan fingerprint density at radius 3 is 2.65 bits per heavy atom. The van der Waals surface area contributed by atoms with Gasteiger partial charge in [0, 0.05) is 10.6 Å². The van der Waals surface area contributed by atoms with Crippen LogP contribution in [0.2, 0.25) is 5.02 Å². The fourth-order valence-electron chi connectivity index (χ4n) is 2.36. The van der Waals surface area contributed by atoms with Gasteiger partial charge >= 0.3 is 0 Å². The highest BCUT2D eigenvalue weighted by Gasteiger charge is 2.13. The van der Waals surface area contributed by atoms with E-state index in [1.807, 2.05) is 43.3 Å². The number of ether oxygens (including phenoxy) is 2. The molecule has 8 heteroatoms. The van der Waals surface area contributed by atoms with Gasteiger partial charge in [-0.15, -0.1) is 10.2 Å². The third-order valence-corrected chi connectivity index (χ3v) is 4.54. The number of hydrogen-bond acceptors (Lipinski definition) is 5. The van der Waals surface area contributed by atoms with Crippen LogP contribution >= 0.6 is 27.5 Å². The van der Waals surface area contributed by atoms with Crippen LogP contribution in [-0.4, -0.2) is 21.5 Å². The predicted octanol–water partition coefficient (Wildman–Crippen LogP) is 4.42. The highest BCUT2D eigenvalue weighted by atomic mass is 79.9. The van der Waals surface area contributed by atoms with Gasteiger partial charge in [0.15, 0.2) is 11.5 Å². The summed E-state index contributed by atoms with van der Waals surface area (Å²) < 4.78 is 14.3. The number of rotatable bonds is 8. The lowest BCUT2D eigenvalue weighted by atomic mass is 10.2. The first-order valence-electron chi connectivity index (χ1n) is 8.07. The van der Waals surface area contributed by atoms with Crippen molar-refractivity contribution in [2.75, 3.05) is 12.0 Å². The van der Waals surface area contributed by atoms with Crippen LogP contribution in [0.4, 0.5) is 0 Å². The second kappa shape index (κ2) is 8.91. The Morgan fingerprint density at radius 1 is 1.15 bits per heavy atom. The van der Waals surface area contributed by atoms with Gasteiger partial charge in [-0.05, 0) is 46.6 Å². The molecule has 1 heterocycles. The zero-order chi connectivity index (χ0) is 18.4. The van der Waals surface area contributed by atoms with Crippen LogP contribution in [0, 0.1) is 0 Å². The van der Waals surface area contributed by atoms with Crippen LogP contribution in [0.25, 0.3) is 0 Å². The molecule has 3 rings (SSSR count).